The van der Waals surface area contributed by atoms with Gasteiger partial charge in [0.25, 0.3) is 0 Å². The van der Waals surface area contributed by atoms with Crippen LogP contribution in [-0.4, -0.2) is 70.1 Å². The normalized spacial score (nSPS) is 46.2. The third-order valence-corrected chi connectivity index (χ3v) is 3.35. The summed E-state index contributed by atoms with van der Waals surface area (Å²) < 4.78 is 0. The SMILES string of the molecule is O=CN[C@H]1CN2CC[C@H](O)[C@@H]2[C@@H](O)[C@@H]1O. The lowest BCUT2D eigenvalue weighted by atomic mass is 9.91. The summed E-state index contributed by atoms with van der Waals surface area (Å²) in [7, 11) is 0. The van der Waals surface area contributed by atoms with Crippen LogP contribution in [0.2, 0.25) is 0 Å². The summed E-state index contributed by atoms with van der Waals surface area (Å²) in [5.41, 5.74) is 0. The molecule has 0 spiro atoms. The van der Waals surface area contributed by atoms with E-state index < -0.39 is 30.4 Å². The van der Waals surface area contributed by atoms with Crippen LogP contribution in [0.5, 0.6) is 0 Å². The number of aliphatic hydroxyl groups excluding tert-OH is 3. The molecule has 0 aromatic carbocycles. The fourth-order valence-corrected chi connectivity index (χ4v) is 2.56. The van der Waals surface area contributed by atoms with E-state index in [1.807, 2.05) is 4.90 Å². The van der Waals surface area contributed by atoms with Crippen LogP contribution < -0.4 is 5.32 Å². The molecule has 4 N–H and O–H groups in total. The first-order valence-electron chi connectivity index (χ1n) is 5.13. The first kappa shape index (κ1) is 10.8. The number of piperidine rings is 1. The van der Waals surface area contributed by atoms with Gasteiger partial charge in [0.05, 0.1) is 24.3 Å². The molecule has 2 rings (SSSR count). The zero-order valence-electron chi connectivity index (χ0n) is 8.28. The second-order valence-electron chi connectivity index (χ2n) is 4.21. The summed E-state index contributed by atoms with van der Waals surface area (Å²) >= 11 is 0. The number of hydrogen-bond donors (Lipinski definition) is 4. The van der Waals surface area contributed by atoms with Crippen LogP contribution in [0.4, 0.5) is 0 Å². The summed E-state index contributed by atoms with van der Waals surface area (Å²) in [5.74, 6) is 0. The Kier molecular flexibility index (Phi) is 2.92. The van der Waals surface area contributed by atoms with E-state index in [9.17, 15) is 20.1 Å². The highest BCUT2D eigenvalue weighted by molar-refractivity contribution is 5.47. The number of aliphatic hydroxyl groups is 3. The number of nitrogens with one attached hydrogen (secondary N) is 1. The van der Waals surface area contributed by atoms with Gasteiger partial charge in [-0.1, -0.05) is 0 Å². The fourth-order valence-electron chi connectivity index (χ4n) is 2.56. The summed E-state index contributed by atoms with van der Waals surface area (Å²) in [5, 5.41) is 31.6. The van der Waals surface area contributed by atoms with E-state index in [0.29, 0.717) is 25.9 Å². The Morgan fingerprint density at radius 2 is 2.00 bits per heavy atom. The molecule has 2 heterocycles. The van der Waals surface area contributed by atoms with Gasteiger partial charge >= 0.3 is 0 Å². The van der Waals surface area contributed by atoms with Gasteiger partial charge in [-0.2, -0.15) is 0 Å². The number of rotatable bonds is 2. The van der Waals surface area contributed by atoms with Gasteiger partial charge in [0, 0.05) is 13.1 Å². The van der Waals surface area contributed by atoms with Crippen molar-refractivity contribution >= 4 is 6.41 Å². The van der Waals surface area contributed by atoms with Gasteiger partial charge in [-0.15, -0.1) is 0 Å². The van der Waals surface area contributed by atoms with E-state index in [4.69, 9.17) is 0 Å². The molecule has 2 aliphatic heterocycles. The topological polar surface area (TPSA) is 93.0 Å². The van der Waals surface area contributed by atoms with Crippen molar-refractivity contribution in [3.05, 3.63) is 0 Å². The van der Waals surface area contributed by atoms with Crippen molar-refractivity contribution in [2.45, 2.75) is 36.8 Å². The molecule has 5 atom stereocenters. The molecule has 15 heavy (non-hydrogen) atoms. The number of carbonyl (C=O) groups is 1. The quantitative estimate of drug-likeness (QED) is 0.376. The predicted octanol–water partition coefficient (Wildman–Crippen LogP) is -2.73. The summed E-state index contributed by atoms with van der Waals surface area (Å²) in [6.07, 6.45) is -1.49. The summed E-state index contributed by atoms with van der Waals surface area (Å²) in [4.78, 5) is 12.2. The Morgan fingerprint density at radius 3 is 2.67 bits per heavy atom. The summed E-state index contributed by atoms with van der Waals surface area (Å²) in [6.45, 7) is 1.16. The molecule has 1 amide bonds. The minimum atomic E-state index is -1.01. The highest BCUT2D eigenvalue weighted by atomic mass is 16.3. The number of nitrogens with zero attached hydrogens (tertiary/aromatic N) is 1. The van der Waals surface area contributed by atoms with Crippen molar-refractivity contribution in [3.8, 4) is 0 Å². The van der Waals surface area contributed by atoms with Gasteiger partial charge in [0.1, 0.15) is 6.10 Å². The monoisotopic (exact) mass is 216 g/mol. The predicted molar refractivity (Wildman–Crippen MR) is 51.0 cm³/mol. The number of carbonyl (C=O) groups excluding carboxylic acids is 1. The molecular formula is C9H16N2O4. The van der Waals surface area contributed by atoms with E-state index in [2.05, 4.69) is 5.32 Å². The van der Waals surface area contributed by atoms with E-state index in [-0.39, 0.29) is 0 Å². The second-order valence-corrected chi connectivity index (χ2v) is 4.21. The van der Waals surface area contributed by atoms with E-state index >= 15 is 0 Å². The minimum absolute atomic E-state index is 0.398. The van der Waals surface area contributed by atoms with Crippen LogP contribution in [-0.2, 0) is 4.79 Å². The maximum absolute atomic E-state index is 10.3. The Bertz CT molecular complexity index is 250. The number of hydrogen-bond acceptors (Lipinski definition) is 5. The van der Waals surface area contributed by atoms with Crippen molar-refractivity contribution in [2.24, 2.45) is 0 Å². The number of amides is 1. The van der Waals surface area contributed by atoms with Crippen molar-refractivity contribution in [1.29, 1.82) is 0 Å². The molecular weight excluding hydrogens is 200 g/mol. The summed E-state index contributed by atoms with van der Waals surface area (Å²) in [6, 6.07) is -0.858. The molecule has 2 aliphatic rings. The van der Waals surface area contributed by atoms with Gasteiger partial charge < -0.3 is 20.6 Å². The minimum Gasteiger partial charge on any atom is -0.391 e. The van der Waals surface area contributed by atoms with Crippen molar-refractivity contribution < 1.29 is 20.1 Å². The Balaban J connectivity index is 2.10. The van der Waals surface area contributed by atoms with Crippen molar-refractivity contribution in [1.82, 2.24) is 10.2 Å². The average molecular weight is 216 g/mol. The zero-order chi connectivity index (χ0) is 11.0. The fraction of sp³-hybridized carbons (Fsp3) is 0.889. The highest BCUT2D eigenvalue weighted by Crippen LogP contribution is 2.27. The zero-order valence-corrected chi connectivity index (χ0v) is 8.28. The lowest BCUT2D eigenvalue weighted by molar-refractivity contribution is -0.119. The van der Waals surface area contributed by atoms with E-state index in [1.165, 1.54) is 0 Å². The third-order valence-electron chi connectivity index (χ3n) is 3.35. The van der Waals surface area contributed by atoms with Crippen molar-refractivity contribution in [2.75, 3.05) is 13.1 Å². The third kappa shape index (κ3) is 1.74. The van der Waals surface area contributed by atoms with Gasteiger partial charge in [-0.25, -0.2) is 0 Å². The smallest absolute Gasteiger partial charge is 0.207 e. The Hall–Kier alpha value is -0.690. The molecule has 0 aromatic heterocycles. The van der Waals surface area contributed by atoms with E-state index in [1.54, 1.807) is 0 Å². The van der Waals surface area contributed by atoms with Gasteiger partial charge in [0.2, 0.25) is 6.41 Å². The van der Waals surface area contributed by atoms with Crippen LogP contribution in [0.3, 0.4) is 0 Å². The van der Waals surface area contributed by atoms with Crippen LogP contribution in [0, 0.1) is 0 Å². The maximum atomic E-state index is 10.3. The highest BCUT2D eigenvalue weighted by Gasteiger charge is 2.47. The molecule has 86 valence electrons. The lowest BCUT2D eigenvalue weighted by Crippen LogP contribution is -2.64. The largest absolute Gasteiger partial charge is 0.391 e. The number of fused-ring (bicyclic) bond motifs is 1. The molecule has 2 fully saturated rings. The molecule has 0 aromatic rings. The molecule has 0 bridgehead atoms. The van der Waals surface area contributed by atoms with Gasteiger partial charge in [-0.3, -0.25) is 9.69 Å². The molecule has 0 saturated carbocycles. The van der Waals surface area contributed by atoms with Gasteiger partial charge in [0.15, 0.2) is 0 Å². The van der Waals surface area contributed by atoms with Crippen molar-refractivity contribution in [3.63, 3.8) is 0 Å². The second kappa shape index (κ2) is 4.05. The molecule has 6 nitrogen and oxygen atoms in total. The first-order chi connectivity index (χ1) is 7.15. The Labute approximate surface area is 87.5 Å². The molecule has 6 heteroatoms. The molecule has 0 radical (unpaired) electrons. The van der Waals surface area contributed by atoms with Crippen LogP contribution >= 0.6 is 0 Å². The van der Waals surface area contributed by atoms with Crippen LogP contribution in [0.15, 0.2) is 0 Å². The Morgan fingerprint density at radius 1 is 1.27 bits per heavy atom. The van der Waals surface area contributed by atoms with Crippen LogP contribution in [0.25, 0.3) is 0 Å². The van der Waals surface area contributed by atoms with Crippen LogP contribution in [0.1, 0.15) is 6.42 Å². The molecule has 0 unspecified atom stereocenters. The molecule has 0 aliphatic carbocycles. The first-order valence-corrected chi connectivity index (χ1v) is 5.13. The lowest BCUT2D eigenvalue weighted by Gasteiger charge is -2.42. The molecule has 2 saturated heterocycles. The average Bonchev–Trinajstić information content (AvgIpc) is 2.56. The van der Waals surface area contributed by atoms with E-state index in [0.717, 1.165) is 0 Å². The van der Waals surface area contributed by atoms with Gasteiger partial charge in [-0.05, 0) is 6.42 Å². The maximum Gasteiger partial charge on any atom is 0.207 e. The standard InChI is InChI=1S/C9H16N2O4/c12-4-10-5-3-11-2-1-6(13)7(11)9(15)8(5)14/h4-9,13-15H,1-3H2,(H,10,12)/t5-,6-,7+,8+,9+/m0/s1.